The molecule has 0 aliphatic heterocycles. The van der Waals surface area contributed by atoms with E-state index in [0.29, 0.717) is 16.1 Å². The number of ether oxygens (including phenoxy) is 1. The molecule has 1 aromatic carbocycles. The molecule has 0 unspecified atom stereocenters. The van der Waals surface area contributed by atoms with Crippen molar-refractivity contribution in [1.29, 1.82) is 0 Å². The van der Waals surface area contributed by atoms with Crippen molar-refractivity contribution in [3.63, 3.8) is 0 Å². The molecule has 1 N–H and O–H groups in total. The van der Waals surface area contributed by atoms with Crippen LogP contribution in [0.1, 0.15) is 61.2 Å². The molecular formula is C25H23N5O4S. The number of fused-ring (bicyclic) bond motifs is 2. The quantitative estimate of drug-likeness (QED) is 0.324. The van der Waals surface area contributed by atoms with Crippen LogP contribution in [-0.4, -0.2) is 43.8 Å². The minimum atomic E-state index is -0.825. The number of carbonyl (C=O) groups is 3. The third-order valence-electron chi connectivity index (χ3n) is 5.82. The molecule has 0 radical (unpaired) electrons. The summed E-state index contributed by atoms with van der Waals surface area (Å²) in [7, 11) is 0. The van der Waals surface area contributed by atoms with Crippen LogP contribution in [0.15, 0.2) is 36.4 Å². The maximum Gasteiger partial charge on any atom is 0.378 e. The van der Waals surface area contributed by atoms with Gasteiger partial charge in [0.15, 0.2) is 12.4 Å². The number of rotatable bonds is 6. The van der Waals surface area contributed by atoms with Crippen LogP contribution in [0.4, 0.5) is 5.00 Å². The second-order valence-corrected chi connectivity index (χ2v) is 9.53. The van der Waals surface area contributed by atoms with Crippen LogP contribution < -0.4 is 5.32 Å². The summed E-state index contributed by atoms with van der Waals surface area (Å²) in [5, 5.41) is 7.41. The molecule has 4 aromatic rings. The molecule has 1 amide bonds. The van der Waals surface area contributed by atoms with Crippen LogP contribution in [0.2, 0.25) is 0 Å². The van der Waals surface area contributed by atoms with Gasteiger partial charge in [0.2, 0.25) is 0 Å². The van der Waals surface area contributed by atoms with Gasteiger partial charge in [-0.1, -0.05) is 30.3 Å². The number of aromatic nitrogens is 4. The van der Waals surface area contributed by atoms with Gasteiger partial charge in [0, 0.05) is 21.8 Å². The fourth-order valence-corrected chi connectivity index (χ4v) is 5.54. The molecule has 35 heavy (non-hydrogen) atoms. The fourth-order valence-electron chi connectivity index (χ4n) is 4.24. The van der Waals surface area contributed by atoms with E-state index in [1.807, 2.05) is 38.1 Å². The fraction of sp³-hybridized carbons (Fsp3) is 0.280. The van der Waals surface area contributed by atoms with Crippen molar-refractivity contribution in [2.24, 2.45) is 0 Å². The van der Waals surface area contributed by atoms with Crippen molar-refractivity contribution in [3.05, 3.63) is 75.2 Å². The first-order valence-electron chi connectivity index (χ1n) is 11.3. The third-order valence-corrected chi connectivity index (χ3v) is 7.03. The van der Waals surface area contributed by atoms with Gasteiger partial charge in [-0.05, 0) is 51.2 Å². The van der Waals surface area contributed by atoms with Gasteiger partial charge in [0.05, 0.1) is 5.56 Å². The highest BCUT2D eigenvalue weighted by atomic mass is 32.1. The number of anilines is 1. The summed E-state index contributed by atoms with van der Waals surface area (Å²) in [5.74, 6) is -1.37. The summed E-state index contributed by atoms with van der Waals surface area (Å²) >= 11 is 1.42. The number of aryl methyl sites for hydroxylation is 3. The van der Waals surface area contributed by atoms with E-state index in [0.717, 1.165) is 47.5 Å². The van der Waals surface area contributed by atoms with Gasteiger partial charge in [-0.3, -0.25) is 9.59 Å². The number of hydrogen-bond donors (Lipinski definition) is 1. The number of nitrogens with zero attached hydrogens (tertiary/aromatic N) is 4. The Labute approximate surface area is 205 Å². The molecule has 178 valence electrons. The highest BCUT2D eigenvalue weighted by Crippen LogP contribution is 2.39. The average molecular weight is 490 g/mol. The van der Waals surface area contributed by atoms with Crippen molar-refractivity contribution in [3.8, 4) is 0 Å². The lowest BCUT2D eigenvalue weighted by molar-refractivity contribution is -0.119. The molecule has 0 saturated heterocycles. The smallest absolute Gasteiger partial charge is 0.378 e. The summed E-state index contributed by atoms with van der Waals surface area (Å²) in [5.41, 5.74) is 3.64. The van der Waals surface area contributed by atoms with E-state index in [1.54, 1.807) is 12.1 Å². The molecule has 0 fully saturated rings. The number of esters is 1. The normalized spacial score (nSPS) is 12.9. The Hall–Kier alpha value is -3.92. The largest absolute Gasteiger partial charge is 0.450 e. The summed E-state index contributed by atoms with van der Waals surface area (Å²) in [6.45, 7) is 3.12. The number of amides is 1. The SMILES string of the molecule is Cc1cc(C)n2nc(C(=O)OCC(=O)Nc3sc4c(c3C(=O)c3ccccc3)CCCC4)nc2n1. The molecule has 0 spiro atoms. The van der Waals surface area contributed by atoms with Crippen molar-refractivity contribution < 1.29 is 19.1 Å². The number of thiophene rings is 1. The molecule has 3 aromatic heterocycles. The highest BCUT2D eigenvalue weighted by molar-refractivity contribution is 7.17. The summed E-state index contributed by atoms with van der Waals surface area (Å²) in [6.07, 6.45) is 3.74. The van der Waals surface area contributed by atoms with Gasteiger partial charge in [-0.2, -0.15) is 4.98 Å². The second kappa shape index (κ2) is 9.38. The Balaban J connectivity index is 1.32. The first-order chi connectivity index (χ1) is 16.9. The first kappa shape index (κ1) is 22.9. The number of benzene rings is 1. The lowest BCUT2D eigenvalue weighted by atomic mass is 9.92. The molecule has 0 bridgehead atoms. The standard InChI is InChI=1S/C25H23N5O4S/c1-14-12-15(2)30-25(26-14)28-22(29-30)24(33)34-13-19(31)27-23-20(17-10-6-7-11-18(17)35-23)21(32)16-8-4-3-5-9-16/h3-5,8-9,12H,6-7,10-11,13H2,1-2H3,(H,27,31). The Morgan fingerprint density at radius 2 is 1.86 bits per heavy atom. The monoisotopic (exact) mass is 489 g/mol. The first-order valence-corrected chi connectivity index (χ1v) is 12.1. The van der Waals surface area contributed by atoms with Crippen LogP contribution in [0.25, 0.3) is 5.78 Å². The zero-order valence-corrected chi connectivity index (χ0v) is 20.1. The van der Waals surface area contributed by atoms with Gasteiger partial charge < -0.3 is 10.1 Å². The molecule has 10 heteroatoms. The third kappa shape index (κ3) is 4.57. The zero-order valence-electron chi connectivity index (χ0n) is 19.3. The van der Waals surface area contributed by atoms with Gasteiger partial charge in [0.25, 0.3) is 17.5 Å². The van der Waals surface area contributed by atoms with Crippen molar-refractivity contribution in [2.75, 3.05) is 11.9 Å². The van der Waals surface area contributed by atoms with E-state index < -0.39 is 18.5 Å². The lowest BCUT2D eigenvalue weighted by Gasteiger charge is -2.12. The minimum Gasteiger partial charge on any atom is -0.450 e. The van der Waals surface area contributed by atoms with Crippen LogP contribution >= 0.6 is 11.3 Å². The molecular weight excluding hydrogens is 466 g/mol. The van der Waals surface area contributed by atoms with E-state index in [2.05, 4.69) is 20.4 Å². The summed E-state index contributed by atoms with van der Waals surface area (Å²) in [6, 6.07) is 10.8. The Morgan fingerprint density at radius 1 is 1.09 bits per heavy atom. The zero-order chi connectivity index (χ0) is 24.5. The van der Waals surface area contributed by atoms with Crippen LogP contribution in [-0.2, 0) is 22.4 Å². The molecule has 9 nitrogen and oxygen atoms in total. The summed E-state index contributed by atoms with van der Waals surface area (Å²) < 4.78 is 6.60. The Bertz CT molecular complexity index is 1460. The van der Waals surface area contributed by atoms with E-state index in [-0.39, 0.29) is 17.4 Å². The number of carbonyl (C=O) groups excluding carboxylic acids is 3. The highest BCUT2D eigenvalue weighted by Gasteiger charge is 2.27. The number of hydrogen-bond acceptors (Lipinski definition) is 8. The number of ketones is 1. The molecule has 1 aliphatic carbocycles. The minimum absolute atomic E-state index is 0.121. The molecule has 0 saturated carbocycles. The van der Waals surface area contributed by atoms with E-state index in [9.17, 15) is 14.4 Å². The van der Waals surface area contributed by atoms with E-state index in [4.69, 9.17) is 4.74 Å². The van der Waals surface area contributed by atoms with Crippen molar-refractivity contribution in [1.82, 2.24) is 19.6 Å². The van der Waals surface area contributed by atoms with Crippen molar-refractivity contribution >= 4 is 39.8 Å². The van der Waals surface area contributed by atoms with E-state index >= 15 is 0 Å². The molecule has 0 atom stereocenters. The molecule has 5 rings (SSSR count). The Kier molecular flexibility index (Phi) is 6.12. The predicted octanol–water partition coefficient (Wildman–Crippen LogP) is 3.71. The van der Waals surface area contributed by atoms with Gasteiger partial charge in [-0.15, -0.1) is 16.4 Å². The van der Waals surface area contributed by atoms with Gasteiger partial charge in [0.1, 0.15) is 5.00 Å². The second-order valence-electron chi connectivity index (χ2n) is 8.42. The Morgan fingerprint density at radius 3 is 2.66 bits per heavy atom. The van der Waals surface area contributed by atoms with Crippen molar-refractivity contribution in [2.45, 2.75) is 39.5 Å². The average Bonchev–Trinajstić information content (AvgIpc) is 3.44. The van der Waals surface area contributed by atoms with Gasteiger partial charge in [-0.25, -0.2) is 14.3 Å². The van der Waals surface area contributed by atoms with E-state index in [1.165, 1.54) is 15.9 Å². The molecule has 3 heterocycles. The number of nitrogens with one attached hydrogen (secondary N) is 1. The molecule has 1 aliphatic rings. The maximum absolute atomic E-state index is 13.3. The van der Waals surface area contributed by atoms with Crippen LogP contribution in [0.3, 0.4) is 0 Å². The van der Waals surface area contributed by atoms with Gasteiger partial charge >= 0.3 is 5.97 Å². The maximum atomic E-state index is 13.3. The van der Waals surface area contributed by atoms with Crippen LogP contribution in [0, 0.1) is 13.8 Å². The lowest BCUT2D eigenvalue weighted by Crippen LogP contribution is -2.22. The topological polar surface area (TPSA) is 116 Å². The predicted molar refractivity (Wildman–Crippen MR) is 130 cm³/mol. The van der Waals surface area contributed by atoms with Crippen LogP contribution in [0.5, 0.6) is 0 Å². The summed E-state index contributed by atoms with van der Waals surface area (Å²) in [4.78, 5) is 47.9.